The molecule has 8 nitrogen and oxygen atoms in total. The summed E-state index contributed by atoms with van der Waals surface area (Å²) in [4.78, 5) is 34.4. The van der Waals surface area contributed by atoms with Crippen LogP contribution < -0.4 is 16.2 Å². The van der Waals surface area contributed by atoms with Gasteiger partial charge in [0.25, 0.3) is 5.91 Å². The molecule has 126 valence electrons. The molecule has 1 rings (SSSR count). The van der Waals surface area contributed by atoms with Crippen LogP contribution in [-0.2, 0) is 16.0 Å². The number of nitrogens with one attached hydrogen (secondary N) is 3. The van der Waals surface area contributed by atoms with E-state index in [-0.39, 0.29) is 6.42 Å². The van der Waals surface area contributed by atoms with Crippen LogP contribution in [0.25, 0.3) is 0 Å². The van der Waals surface area contributed by atoms with Crippen LogP contribution in [0.5, 0.6) is 0 Å². The van der Waals surface area contributed by atoms with E-state index >= 15 is 0 Å². The molecule has 4 N–H and O–H groups in total. The first-order chi connectivity index (χ1) is 10.7. The standard InChI is InChI=1S/C15H21N3O5/c1-15(2,3)23-14(22)16-11(12(19)17-18-13(20)21)9-10-7-5-4-6-8-10/h4-8,11,18H,9H2,1-3H3,(H,16,22)(H,17,19)(H,20,21)/t11-/m0/s1. The summed E-state index contributed by atoms with van der Waals surface area (Å²) in [7, 11) is 0. The predicted molar refractivity (Wildman–Crippen MR) is 82.6 cm³/mol. The SMILES string of the molecule is CC(C)(C)OC(=O)N[C@@H](Cc1ccccc1)C(=O)NNC(=O)O. The summed E-state index contributed by atoms with van der Waals surface area (Å²) in [5, 5.41) is 11.0. The molecular formula is C15H21N3O5. The molecule has 0 heterocycles. The van der Waals surface area contributed by atoms with Gasteiger partial charge < -0.3 is 15.2 Å². The van der Waals surface area contributed by atoms with Crippen LogP contribution in [-0.4, -0.2) is 34.8 Å². The second-order valence-electron chi connectivity index (χ2n) is 5.81. The molecule has 0 fully saturated rings. The fourth-order valence-electron chi connectivity index (χ4n) is 1.71. The lowest BCUT2D eigenvalue weighted by Crippen LogP contribution is -2.53. The number of hydrogen-bond donors (Lipinski definition) is 4. The average Bonchev–Trinajstić information content (AvgIpc) is 2.43. The van der Waals surface area contributed by atoms with E-state index in [9.17, 15) is 14.4 Å². The molecule has 1 atom stereocenters. The molecule has 0 unspecified atom stereocenters. The van der Waals surface area contributed by atoms with E-state index in [4.69, 9.17) is 9.84 Å². The third-order valence-corrected chi connectivity index (χ3v) is 2.58. The molecule has 0 aliphatic carbocycles. The molecule has 0 bridgehead atoms. The van der Waals surface area contributed by atoms with Gasteiger partial charge in [-0.2, -0.15) is 0 Å². The van der Waals surface area contributed by atoms with Crippen molar-refractivity contribution in [2.24, 2.45) is 0 Å². The fourth-order valence-corrected chi connectivity index (χ4v) is 1.71. The number of amides is 3. The maximum atomic E-state index is 12.0. The monoisotopic (exact) mass is 323 g/mol. The van der Waals surface area contributed by atoms with Crippen LogP contribution >= 0.6 is 0 Å². The molecule has 8 heteroatoms. The van der Waals surface area contributed by atoms with E-state index in [1.165, 1.54) is 0 Å². The predicted octanol–water partition coefficient (Wildman–Crippen LogP) is 1.42. The summed E-state index contributed by atoms with van der Waals surface area (Å²) < 4.78 is 5.11. The second-order valence-corrected chi connectivity index (χ2v) is 5.81. The molecule has 1 aromatic carbocycles. The number of carbonyl (C=O) groups excluding carboxylic acids is 2. The summed E-state index contributed by atoms with van der Waals surface area (Å²) >= 11 is 0. The van der Waals surface area contributed by atoms with E-state index in [1.54, 1.807) is 50.5 Å². The third-order valence-electron chi connectivity index (χ3n) is 2.58. The van der Waals surface area contributed by atoms with E-state index in [0.717, 1.165) is 5.56 Å². The minimum Gasteiger partial charge on any atom is -0.464 e. The highest BCUT2D eigenvalue weighted by Gasteiger charge is 2.25. The van der Waals surface area contributed by atoms with Crippen molar-refractivity contribution < 1.29 is 24.2 Å². The summed E-state index contributed by atoms with van der Waals surface area (Å²) in [6.07, 6.45) is -1.98. The van der Waals surface area contributed by atoms with Gasteiger partial charge >= 0.3 is 12.2 Å². The van der Waals surface area contributed by atoms with Gasteiger partial charge in [-0.05, 0) is 26.3 Å². The van der Waals surface area contributed by atoms with Crippen molar-refractivity contribution in [3.05, 3.63) is 35.9 Å². The molecule has 0 aliphatic rings. The highest BCUT2D eigenvalue weighted by molar-refractivity contribution is 5.87. The molecular weight excluding hydrogens is 302 g/mol. The van der Waals surface area contributed by atoms with Gasteiger partial charge in [-0.15, -0.1) is 0 Å². The van der Waals surface area contributed by atoms with E-state index in [1.807, 2.05) is 11.5 Å². The Bertz CT molecular complexity index is 554. The zero-order chi connectivity index (χ0) is 17.5. The first-order valence-corrected chi connectivity index (χ1v) is 6.99. The van der Waals surface area contributed by atoms with Crippen molar-refractivity contribution in [3.8, 4) is 0 Å². The largest absolute Gasteiger partial charge is 0.464 e. The molecule has 0 spiro atoms. The highest BCUT2D eigenvalue weighted by atomic mass is 16.6. The average molecular weight is 323 g/mol. The Balaban J connectivity index is 2.77. The molecule has 1 aromatic rings. The smallest absolute Gasteiger partial charge is 0.423 e. The molecule has 0 saturated carbocycles. The minimum atomic E-state index is -1.41. The van der Waals surface area contributed by atoms with Gasteiger partial charge in [0.15, 0.2) is 0 Å². The van der Waals surface area contributed by atoms with Crippen LogP contribution in [0.2, 0.25) is 0 Å². The van der Waals surface area contributed by atoms with E-state index < -0.39 is 29.7 Å². The third kappa shape index (κ3) is 7.70. The van der Waals surface area contributed by atoms with Gasteiger partial charge in [0.1, 0.15) is 11.6 Å². The van der Waals surface area contributed by atoms with Gasteiger partial charge in [0.05, 0.1) is 0 Å². The van der Waals surface area contributed by atoms with Gasteiger partial charge in [-0.3, -0.25) is 10.2 Å². The van der Waals surface area contributed by atoms with Gasteiger partial charge in [0.2, 0.25) is 0 Å². The summed E-state index contributed by atoms with van der Waals surface area (Å²) in [5.41, 5.74) is 3.86. The van der Waals surface area contributed by atoms with Crippen LogP contribution in [0.1, 0.15) is 26.3 Å². The normalized spacial score (nSPS) is 12.0. The quantitative estimate of drug-likeness (QED) is 0.625. The molecule has 23 heavy (non-hydrogen) atoms. The molecule has 0 aromatic heterocycles. The van der Waals surface area contributed by atoms with Crippen molar-refractivity contribution in [2.75, 3.05) is 0 Å². The lowest BCUT2D eigenvalue weighted by Gasteiger charge is -2.23. The van der Waals surface area contributed by atoms with Crippen molar-refractivity contribution in [2.45, 2.75) is 38.8 Å². The van der Waals surface area contributed by atoms with E-state index in [0.29, 0.717) is 0 Å². The van der Waals surface area contributed by atoms with Crippen molar-refractivity contribution >= 4 is 18.1 Å². The minimum absolute atomic E-state index is 0.188. The van der Waals surface area contributed by atoms with Crippen molar-refractivity contribution in [1.29, 1.82) is 0 Å². The number of carbonyl (C=O) groups is 3. The number of alkyl carbamates (subject to hydrolysis) is 1. The molecule has 3 amide bonds. The Morgan fingerprint density at radius 3 is 2.26 bits per heavy atom. The zero-order valence-corrected chi connectivity index (χ0v) is 13.3. The van der Waals surface area contributed by atoms with Crippen LogP contribution in [0.15, 0.2) is 30.3 Å². The highest BCUT2D eigenvalue weighted by Crippen LogP contribution is 2.08. The van der Waals surface area contributed by atoms with Crippen LogP contribution in [0, 0.1) is 0 Å². The number of hydrazine groups is 1. The number of hydrogen-bond acceptors (Lipinski definition) is 4. The number of ether oxygens (including phenoxy) is 1. The van der Waals surface area contributed by atoms with Gasteiger partial charge in [-0.25, -0.2) is 15.0 Å². The van der Waals surface area contributed by atoms with Gasteiger partial charge in [0, 0.05) is 6.42 Å². The van der Waals surface area contributed by atoms with Crippen LogP contribution in [0.3, 0.4) is 0 Å². The summed E-state index contributed by atoms with van der Waals surface area (Å²) in [5.74, 6) is -0.692. The number of benzene rings is 1. The lowest BCUT2D eigenvalue weighted by atomic mass is 10.1. The van der Waals surface area contributed by atoms with Gasteiger partial charge in [-0.1, -0.05) is 30.3 Å². The fraction of sp³-hybridized carbons (Fsp3) is 0.400. The first-order valence-electron chi connectivity index (χ1n) is 6.99. The Morgan fingerprint density at radius 1 is 1.13 bits per heavy atom. The topological polar surface area (TPSA) is 117 Å². The molecule has 0 saturated heterocycles. The Kier molecular flexibility index (Phi) is 6.37. The second kappa shape index (κ2) is 8.02. The van der Waals surface area contributed by atoms with E-state index in [2.05, 4.69) is 5.32 Å². The maximum absolute atomic E-state index is 12.0. The summed E-state index contributed by atoms with van der Waals surface area (Å²) in [6, 6.07) is 8.02. The Labute approximate surface area is 134 Å². The Morgan fingerprint density at radius 2 is 1.74 bits per heavy atom. The lowest BCUT2D eigenvalue weighted by molar-refractivity contribution is -0.124. The number of rotatable bonds is 4. The maximum Gasteiger partial charge on any atom is 0.423 e. The zero-order valence-electron chi connectivity index (χ0n) is 13.3. The summed E-state index contributed by atoms with van der Waals surface area (Å²) in [6.45, 7) is 5.10. The Hall–Kier alpha value is -2.77. The number of carboxylic acid groups (broad SMARTS) is 1. The first kappa shape index (κ1) is 18.3. The van der Waals surface area contributed by atoms with Crippen LogP contribution in [0.4, 0.5) is 9.59 Å². The van der Waals surface area contributed by atoms with Crippen molar-refractivity contribution in [3.63, 3.8) is 0 Å². The molecule has 0 radical (unpaired) electrons. The van der Waals surface area contributed by atoms with Crippen molar-refractivity contribution in [1.82, 2.24) is 16.2 Å². The molecule has 0 aliphatic heterocycles.